The van der Waals surface area contributed by atoms with Crippen LogP contribution in [0.25, 0.3) is 0 Å². The highest BCUT2D eigenvalue weighted by atomic mass is 16.5. The van der Waals surface area contributed by atoms with Crippen molar-refractivity contribution in [2.45, 2.75) is 180 Å². The van der Waals surface area contributed by atoms with Crippen LogP contribution in [0.15, 0.2) is 0 Å². The van der Waals surface area contributed by atoms with Crippen LogP contribution in [0.3, 0.4) is 0 Å². The van der Waals surface area contributed by atoms with Crippen LogP contribution >= 0.6 is 0 Å². The van der Waals surface area contributed by atoms with Crippen LogP contribution in [0.5, 0.6) is 0 Å². The molecule has 0 aliphatic rings. The molecule has 0 radical (unpaired) electrons. The highest BCUT2D eigenvalue weighted by Crippen LogP contribution is 2.16. The predicted octanol–water partition coefficient (Wildman–Crippen LogP) is 9.78. The summed E-state index contributed by atoms with van der Waals surface area (Å²) in [6.07, 6.45) is 28.9. The van der Waals surface area contributed by atoms with Crippen molar-refractivity contribution in [1.29, 1.82) is 0 Å². The Bertz CT molecular complexity index is 449. The number of aliphatic carboxylic acids is 1. The van der Waals surface area contributed by atoms with Gasteiger partial charge < -0.3 is 9.84 Å². The fourth-order valence-electron chi connectivity index (χ4n) is 4.59. The van der Waals surface area contributed by atoms with Gasteiger partial charge in [0.05, 0.1) is 0 Å². The smallest absolute Gasteiger partial charge is 0.306 e. The highest BCUT2D eigenvalue weighted by Gasteiger charge is 2.14. The molecule has 0 aromatic heterocycles. The molecule has 1 unspecified atom stereocenters. The molecule has 0 spiro atoms. The normalized spacial score (nSPS) is 12.1. The molecule has 4 nitrogen and oxygen atoms in total. The van der Waals surface area contributed by atoms with Gasteiger partial charge in [0, 0.05) is 12.8 Å². The first-order valence-electron chi connectivity index (χ1n) is 15.0. The first-order valence-corrected chi connectivity index (χ1v) is 15.0. The zero-order valence-electron chi connectivity index (χ0n) is 22.9. The minimum absolute atomic E-state index is 0.104. The second kappa shape index (κ2) is 26.5. The van der Waals surface area contributed by atoms with Gasteiger partial charge in [-0.25, -0.2) is 0 Å². The quantitative estimate of drug-likeness (QED) is 0.0934. The van der Waals surface area contributed by atoms with Crippen LogP contribution in [0.1, 0.15) is 174 Å². The van der Waals surface area contributed by atoms with Crippen LogP contribution in [0, 0.1) is 0 Å². The monoisotopic (exact) mass is 482 g/mol. The molecule has 0 fully saturated rings. The summed E-state index contributed by atoms with van der Waals surface area (Å²) >= 11 is 0. The summed E-state index contributed by atoms with van der Waals surface area (Å²) in [7, 11) is 0. The summed E-state index contributed by atoms with van der Waals surface area (Å²) in [5.41, 5.74) is 0. The maximum Gasteiger partial charge on any atom is 0.306 e. The molecular weight excluding hydrogens is 424 g/mol. The van der Waals surface area contributed by atoms with Crippen LogP contribution in [0.2, 0.25) is 0 Å². The lowest BCUT2D eigenvalue weighted by atomic mass is 10.0. The third-order valence-electron chi connectivity index (χ3n) is 6.83. The number of carbonyl (C=O) groups is 2. The van der Waals surface area contributed by atoms with Crippen molar-refractivity contribution < 1.29 is 19.4 Å². The molecule has 0 aromatic carbocycles. The van der Waals surface area contributed by atoms with E-state index in [0.29, 0.717) is 19.3 Å². The van der Waals surface area contributed by atoms with Gasteiger partial charge in [0.15, 0.2) is 0 Å². The molecule has 0 saturated heterocycles. The Morgan fingerprint density at radius 2 is 0.912 bits per heavy atom. The number of hydrogen-bond donors (Lipinski definition) is 1. The van der Waals surface area contributed by atoms with E-state index in [1.807, 2.05) is 0 Å². The van der Waals surface area contributed by atoms with E-state index in [1.54, 1.807) is 0 Å². The Morgan fingerprint density at radius 3 is 1.32 bits per heavy atom. The minimum Gasteiger partial charge on any atom is -0.481 e. The lowest BCUT2D eigenvalue weighted by Crippen LogP contribution is -2.18. The molecule has 0 amide bonds. The van der Waals surface area contributed by atoms with Crippen LogP contribution in [-0.2, 0) is 14.3 Å². The van der Waals surface area contributed by atoms with Crippen molar-refractivity contribution >= 4 is 11.9 Å². The van der Waals surface area contributed by atoms with Gasteiger partial charge >= 0.3 is 11.9 Å². The SMILES string of the molecule is CCCCCCCCCCCCCCCCCCCCC(=O)OC(CCCC)CCCC(=O)O. The number of rotatable bonds is 27. The molecule has 4 heteroatoms. The molecule has 0 aromatic rings. The van der Waals surface area contributed by atoms with Gasteiger partial charge in [-0.05, 0) is 25.7 Å². The molecule has 0 rings (SSSR count). The van der Waals surface area contributed by atoms with Gasteiger partial charge in [-0.2, -0.15) is 0 Å². The largest absolute Gasteiger partial charge is 0.481 e. The zero-order valence-corrected chi connectivity index (χ0v) is 22.9. The second-order valence-electron chi connectivity index (χ2n) is 10.3. The minimum atomic E-state index is -0.778. The van der Waals surface area contributed by atoms with Gasteiger partial charge in [-0.15, -0.1) is 0 Å². The molecule has 1 N–H and O–H groups in total. The van der Waals surface area contributed by atoms with E-state index >= 15 is 0 Å². The van der Waals surface area contributed by atoms with Crippen molar-refractivity contribution in [3.63, 3.8) is 0 Å². The molecule has 0 saturated carbocycles. The van der Waals surface area contributed by atoms with E-state index < -0.39 is 5.97 Å². The fourth-order valence-corrected chi connectivity index (χ4v) is 4.59. The number of hydrogen-bond acceptors (Lipinski definition) is 3. The van der Waals surface area contributed by atoms with Crippen LogP contribution in [0.4, 0.5) is 0 Å². The van der Waals surface area contributed by atoms with Gasteiger partial charge in [-0.3, -0.25) is 9.59 Å². The lowest BCUT2D eigenvalue weighted by molar-refractivity contribution is -0.150. The van der Waals surface area contributed by atoms with Crippen molar-refractivity contribution in [3.8, 4) is 0 Å². The molecule has 1 atom stereocenters. The molecule has 202 valence electrons. The van der Waals surface area contributed by atoms with E-state index in [0.717, 1.165) is 32.1 Å². The molecule has 0 bridgehead atoms. The Kier molecular flexibility index (Phi) is 25.7. The average molecular weight is 483 g/mol. The van der Waals surface area contributed by atoms with Gasteiger partial charge in [0.1, 0.15) is 6.10 Å². The number of ether oxygens (including phenoxy) is 1. The third-order valence-corrected chi connectivity index (χ3v) is 6.83. The second-order valence-corrected chi connectivity index (χ2v) is 10.3. The number of carbonyl (C=O) groups excluding carboxylic acids is 1. The Balaban J connectivity index is 3.45. The van der Waals surface area contributed by atoms with Crippen molar-refractivity contribution in [3.05, 3.63) is 0 Å². The summed E-state index contributed by atoms with van der Waals surface area (Å²) in [4.78, 5) is 22.8. The Hall–Kier alpha value is -1.06. The van der Waals surface area contributed by atoms with Crippen molar-refractivity contribution in [2.24, 2.45) is 0 Å². The van der Waals surface area contributed by atoms with Crippen molar-refractivity contribution in [2.75, 3.05) is 0 Å². The predicted molar refractivity (Wildman–Crippen MR) is 144 cm³/mol. The summed E-state index contributed by atoms with van der Waals surface area (Å²) in [6, 6.07) is 0. The number of unbranched alkanes of at least 4 members (excludes halogenated alkanes) is 18. The van der Waals surface area contributed by atoms with Crippen LogP contribution in [-0.4, -0.2) is 23.1 Å². The average Bonchev–Trinajstić information content (AvgIpc) is 2.81. The summed E-state index contributed by atoms with van der Waals surface area (Å²) in [6.45, 7) is 4.40. The van der Waals surface area contributed by atoms with Crippen LogP contribution < -0.4 is 0 Å². The summed E-state index contributed by atoms with van der Waals surface area (Å²) < 4.78 is 5.64. The zero-order chi connectivity index (χ0) is 25.1. The van der Waals surface area contributed by atoms with Gasteiger partial charge in [-0.1, -0.05) is 136 Å². The maximum absolute atomic E-state index is 12.1. The lowest BCUT2D eigenvalue weighted by Gasteiger charge is -2.17. The molecular formula is C30H58O4. The van der Waals surface area contributed by atoms with Crippen molar-refractivity contribution in [1.82, 2.24) is 0 Å². The first-order chi connectivity index (χ1) is 16.6. The molecule has 0 heterocycles. The van der Waals surface area contributed by atoms with Gasteiger partial charge in [0.2, 0.25) is 0 Å². The Morgan fingerprint density at radius 1 is 0.529 bits per heavy atom. The topological polar surface area (TPSA) is 63.6 Å². The maximum atomic E-state index is 12.1. The first kappa shape index (κ1) is 32.9. The molecule has 34 heavy (non-hydrogen) atoms. The van der Waals surface area contributed by atoms with E-state index in [9.17, 15) is 9.59 Å². The third kappa shape index (κ3) is 25.6. The van der Waals surface area contributed by atoms with E-state index in [4.69, 9.17) is 9.84 Å². The standard InChI is InChI=1S/C30H58O4/c1-3-5-7-8-9-10-11-12-13-14-15-16-17-18-19-20-21-22-27-30(33)34-28(24-6-4-2)25-23-26-29(31)32/h28H,3-27H2,1-2H3,(H,31,32). The highest BCUT2D eigenvalue weighted by molar-refractivity contribution is 5.69. The number of carboxylic acid groups (broad SMARTS) is 1. The number of carboxylic acids is 1. The molecule has 0 aliphatic heterocycles. The Labute approximate surface area is 212 Å². The fraction of sp³-hybridized carbons (Fsp3) is 0.933. The summed E-state index contributed by atoms with van der Waals surface area (Å²) in [5, 5.41) is 8.80. The molecule has 0 aliphatic carbocycles. The number of esters is 1. The van der Waals surface area contributed by atoms with Gasteiger partial charge in [0.25, 0.3) is 0 Å². The van der Waals surface area contributed by atoms with E-state index in [1.165, 1.54) is 103 Å². The summed E-state index contributed by atoms with van der Waals surface area (Å²) in [5.74, 6) is -0.882. The van der Waals surface area contributed by atoms with E-state index in [2.05, 4.69) is 13.8 Å². The van der Waals surface area contributed by atoms with E-state index in [-0.39, 0.29) is 18.5 Å².